The molecule has 0 aromatic carbocycles. The Balaban J connectivity index is 2.22. The molecule has 0 amide bonds. The summed E-state index contributed by atoms with van der Waals surface area (Å²) >= 11 is 1.78. The molecular formula is C12H19N3S. The zero-order chi connectivity index (χ0) is 11.8. The molecule has 1 aromatic rings. The Labute approximate surface area is 102 Å². The van der Waals surface area contributed by atoms with Crippen molar-refractivity contribution < 1.29 is 0 Å². The lowest BCUT2D eigenvalue weighted by Gasteiger charge is -2.12. The number of aromatic nitrogens is 2. The van der Waals surface area contributed by atoms with Gasteiger partial charge >= 0.3 is 0 Å². The van der Waals surface area contributed by atoms with Crippen LogP contribution in [0, 0.1) is 12.3 Å². The van der Waals surface area contributed by atoms with Gasteiger partial charge in [-0.05, 0) is 13.8 Å². The van der Waals surface area contributed by atoms with Crippen LogP contribution in [0.15, 0.2) is 12.5 Å². The Morgan fingerprint density at radius 3 is 3.12 bits per heavy atom. The van der Waals surface area contributed by atoms with Gasteiger partial charge in [0.15, 0.2) is 0 Å². The molecule has 0 aliphatic carbocycles. The lowest BCUT2D eigenvalue weighted by Crippen LogP contribution is -2.19. The normalized spacial score (nSPS) is 10.6. The van der Waals surface area contributed by atoms with E-state index in [0.29, 0.717) is 6.04 Å². The maximum atomic E-state index is 5.17. The summed E-state index contributed by atoms with van der Waals surface area (Å²) in [5, 5.41) is 3.39. The minimum Gasteiger partial charge on any atom is -0.331 e. The van der Waals surface area contributed by atoms with Crippen molar-refractivity contribution in [3.63, 3.8) is 0 Å². The first kappa shape index (κ1) is 13.1. The van der Waals surface area contributed by atoms with E-state index in [1.165, 1.54) is 5.69 Å². The second kappa shape index (κ2) is 7.37. The van der Waals surface area contributed by atoms with E-state index >= 15 is 0 Å². The summed E-state index contributed by atoms with van der Waals surface area (Å²) in [4.78, 5) is 4.16. The Morgan fingerprint density at radius 2 is 2.44 bits per heavy atom. The van der Waals surface area contributed by atoms with Crippen LogP contribution >= 0.6 is 11.8 Å². The highest BCUT2D eigenvalue weighted by molar-refractivity contribution is 7.99. The first-order chi connectivity index (χ1) is 7.75. The number of terminal acetylenes is 1. The van der Waals surface area contributed by atoms with Crippen LogP contribution in [0.4, 0.5) is 0 Å². The number of nitrogens with one attached hydrogen (secondary N) is 1. The number of imidazole rings is 1. The number of thioether (sulfide) groups is 1. The molecule has 0 spiro atoms. The van der Waals surface area contributed by atoms with Crippen LogP contribution in [0.5, 0.6) is 0 Å². The fourth-order valence-corrected chi connectivity index (χ4v) is 1.98. The Morgan fingerprint density at radius 1 is 1.62 bits per heavy atom. The van der Waals surface area contributed by atoms with Crippen LogP contribution in [0.1, 0.15) is 25.6 Å². The maximum absolute atomic E-state index is 5.17. The number of nitrogens with zero attached hydrogens (tertiary/aromatic N) is 2. The molecule has 16 heavy (non-hydrogen) atoms. The van der Waals surface area contributed by atoms with Gasteiger partial charge in [0.25, 0.3) is 0 Å². The van der Waals surface area contributed by atoms with Crippen molar-refractivity contribution in [1.29, 1.82) is 0 Å². The minimum absolute atomic E-state index is 0.468. The average molecular weight is 237 g/mol. The van der Waals surface area contributed by atoms with Crippen molar-refractivity contribution >= 4 is 11.8 Å². The van der Waals surface area contributed by atoms with Gasteiger partial charge in [-0.15, -0.1) is 18.2 Å². The second-order valence-corrected chi connectivity index (χ2v) is 4.92. The van der Waals surface area contributed by atoms with E-state index in [1.807, 2.05) is 12.5 Å². The van der Waals surface area contributed by atoms with Gasteiger partial charge < -0.3 is 9.88 Å². The van der Waals surface area contributed by atoms with E-state index in [4.69, 9.17) is 6.42 Å². The zero-order valence-corrected chi connectivity index (χ0v) is 10.8. The Bertz CT molecular complexity index is 338. The maximum Gasteiger partial charge on any atom is 0.0951 e. The van der Waals surface area contributed by atoms with Crippen molar-refractivity contribution in [2.45, 2.75) is 26.4 Å². The third-order valence-corrected chi connectivity index (χ3v) is 3.08. The molecule has 3 nitrogen and oxygen atoms in total. The summed E-state index contributed by atoms with van der Waals surface area (Å²) in [5.74, 6) is 4.47. The number of rotatable bonds is 7. The lowest BCUT2D eigenvalue weighted by molar-refractivity contribution is 0.556. The van der Waals surface area contributed by atoms with E-state index in [-0.39, 0.29) is 0 Å². The van der Waals surface area contributed by atoms with Crippen molar-refractivity contribution in [1.82, 2.24) is 14.9 Å². The molecule has 4 heteroatoms. The van der Waals surface area contributed by atoms with Crippen LogP contribution in [-0.2, 0) is 6.54 Å². The van der Waals surface area contributed by atoms with E-state index in [9.17, 15) is 0 Å². The third kappa shape index (κ3) is 4.30. The fourth-order valence-electron chi connectivity index (χ4n) is 1.43. The van der Waals surface area contributed by atoms with Crippen molar-refractivity contribution in [2.75, 3.05) is 18.1 Å². The second-order valence-electron chi connectivity index (χ2n) is 3.82. The van der Waals surface area contributed by atoms with Gasteiger partial charge in [-0.2, -0.15) is 0 Å². The van der Waals surface area contributed by atoms with E-state index < -0.39 is 0 Å². The predicted molar refractivity (Wildman–Crippen MR) is 70.5 cm³/mol. The van der Waals surface area contributed by atoms with Gasteiger partial charge in [0.1, 0.15) is 0 Å². The van der Waals surface area contributed by atoms with Gasteiger partial charge in [-0.1, -0.05) is 5.92 Å². The summed E-state index contributed by atoms with van der Waals surface area (Å²) in [6.45, 7) is 6.17. The van der Waals surface area contributed by atoms with E-state index in [1.54, 1.807) is 11.8 Å². The molecule has 0 unspecified atom stereocenters. The highest BCUT2D eigenvalue weighted by atomic mass is 32.2. The molecule has 1 aromatic heterocycles. The standard InChI is InChI=1S/C12H19N3S/c1-4-6-16-7-5-13-8-12-9-14-10-15(12)11(2)3/h1,9-11,13H,5-8H2,2-3H3. The summed E-state index contributed by atoms with van der Waals surface area (Å²) in [6, 6.07) is 0.468. The molecule has 0 aliphatic heterocycles. The van der Waals surface area contributed by atoms with Crippen molar-refractivity contribution in [2.24, 2.45) is 0 Å². The van der Waals surface area contributed by atoms with Gasteiger partial charge in [0, 0.05) is 31.1 Å². The first-order valence-electron chi connectivity index (χ1n) is 5.48. The zero-order valence-electron chi connectivity index (χ0n) is 9.94. The van der Waals surface area contributed by atoms with Crippen LogP contribution in [0.25, 0.3) is 0 Å². The van der Waals surface area contributed by atoms with Crippen LogP contribution < -0.4 is 5.32 Å². The topological polar surface area (TPSA) is 29.9 Å². The molecule has 0 saturated heterocycles. The molecule has 1 rings (SSSR count). The van der Waals surface area contributed by atoms with Crippen LogP contribution in [-0.4, -0.2) is 27.6 Å². The molecule has 1 heterocycles. The first-order valence-corrected chi connectivity index (χ1v) is 6.63. The molecule has 0 aliphatic rings. The molecule has 0 bridgehead atoms. The van der Waals surface area contributed by atoms with Crippen molar-refractivity contribution in [3.05, 3.63) is 18.2 Å². The van der Waals surface area contributed by atoms with Gasteiger partial charge in [-0.3, -0.25) is 0 Å². The molecule has 0 saturated carbocycles. The minimum atomic E-state index is 0.468. The Kier molecular flexibility index (Phi) is 6.05. The summed E-state index contributed by atoms with van der Waals surface area (Å²) in [5.41, 5.74) is 1.23. The smallest absolute Gasteiger partial charge is 0.0951 e. The molecular weight excluding hydrogens is 218 g/mol. The largest absolute Gasteiger partial charge is 0.331 e. The molecule has 0 fully saturated rings. The van der Waals surface area contributed by atoms with Crippen molar-refractivity contribution in [3.8, 4) is 12.3 Å². The number of hydrogen-bond acceptors (Lipinski definition) is 3. The average Bonchev–Trinajstić information content (AvgIpc) is 2.71. The molecule has 0 radical (unpaired) electrons. The van der Waals surface area contributed by atoms with Gasteiger partial charge in [0.05, 0.1) is 17.8 Å². The molecule has 0 atom stereocenters. The predicted octanol–water partition coefficient (Wildman–Crippen LogP) is 1.92. The summed E-state index contributed by atoms with van der Waals surface area (Å²) in [7, 11) is 0. The third-order valence-electron chi connectivity index (χ3n) is 2.22. The lowest BCUT2D eigenvalue weighted by atomic mass is 10.3. The monoisotopic (exact) mass is 237 g/mol. The van der Waals surface area contributed by atoms with Gasteiger partial charge in [-0.25, -0.2) is 4.98 Å². The van der Waals surface area contributed by atoms with Crippen LogP contribution in [0.3, 0.4) is 0 Å². The number of hydrogen-bond donors (Lipinski definition) is 1. The Hall–Kier alpha value is -0.920. The van der Waals surface area contributed by atoms with Crippen LogP contribution in [0.2, 0.25) is 0 Å². The summed E-state index contributed by atoms with van der Waals surface area (Å²) in [6.07, 6.45) is 8.97. The highest BCUT2D eigenvalue weighted by Gasteiger charge is 2.03. The highest BCUT2D eigenvalue weighted by Crippen LogP contribution is 2.08. The fraction of sp³-hybridized carbons (Fsp3) is 0.583. The van der Waals surface area contributed by atoms with E-state index in [2.05, 4.69) is 34.6 Å². The van der Waals surface area contributed by atoms with E-state index in [0.717, 1.165) is 24.6 Å². The van der Waals surface area contributed by atoms with Gasteiger partial charge in [0.2, 0.25) is 0 Å². The quantitative estimate of drug-likeness (QED) is 0.580. The summed E-state index contributed by atoms with van der Waals surface area (Å²) < 4.78 is 2.18. The molecule has 88 valence electrons. The SMILES string of the molecule is C#CCSCCNCc1cncn1C(C)C. The molecule has 1 N–H and O–H groups in total.